The summed E-state index contributed by atoms with van der Waals surface area (Å²) in [6.07, 6.45) is 10.2. The van der Waals surface area contributed by atoms with E-state index in [0.717, 1.165) is 0 Å². The zero-order valence-electron chi connectivity index (χ0n) is 15.5. The van der Waals surface area contributed by atoms with Gasteiger partial charge in [-0.3, -0.25) is 0 Å². The molecule has 118 valence electrons. The first kappa shape index (κ1) is 19.8. The van der Waals surface area contributed by atoms with Gasteiger partial charge < -0.3 is 4.90 Å². The van der Waals surface area contributed by atoms with Crippen LogP contribution in [0.25, 0.3) is 0 Å². The van der Waals surface area contributed by atoms with Crippen LogP contribution in [0.3, 0.4) is 0 Å². The predicted molar refractivity (Wildman–Crippen MR) is 96.4 cm³/mol. The third-order valence-corrected chi connectivity index (χ3v) is 4.90. The molecule has 0 aliphatic heterocycles. The van der Waals surface area contributed by atoms with Crippen LogP contribution in [0.1, 0.15) is 73.1 Å². The summed E-state index contributed by atoms with van der Waals surface area (Å²) >= 11 is 0. The molecular formula is C18H38BN. The Hall–Kier alpha value is -0.235. The fourth-order valence-electron chi connectivity index (χ4n) is 2.62. The Morgan fingerprint density at radius 1 is 1.15 bits per heavy atom. The second-order valence-corrected chi connectivity index (χ2v) is 8.02. The van der Waals surface area contributed by atoms with Crippen molar-refractivity contribution in [1.29, 1.82) is 0 Å². The Bertz CT molecular complexity index is 294. The maximum absolute atomic E-state index is 2.51. The zero-order chi connectivity index (χ0) is 15.8. The molecule has 0 bridgehead atoms. The third-order valence-electron chi connectivity index (χ3n) is 4.90. The number of allylic oxidation sites excluding steroid dienone is 2. The van der Waals surface area contributed by atoms with Crippen LogP contribution >= 0.6 is 0 Å². The fourth-order valence-corrected chi connectivity index (χ4v) is 2.62. The van der Waals surface area contributed by atoms with Gasteiger partial charge in [0.05, 0.1) is 0 Å². The highest BCUT2D eigenvalue weighted by atomic mass is 15.0. The molecule has 0 heterocycles. The largest absolute Gasteiger partial charge is 0.309 e. The van der Waals surface area contributed by atoms with Gasteiger partial charge in [-0.05, 0) is 58.7 Å². The normalized spacial score (nSPS) is 18.9. The molecule has 0 fully saturated rings. The highest BCUT2D eigenvalue weighted by Crippen LogP contribution is 2.36. The van der Waals surface area contributed by atoms with Gasteiger partial charge >= 0.3 is 0 Å². The lowest BCUT2D eigenvalue weighted by molar-refractivity contribution is 0.260. The average Bonchev–Trinajstić information content (AvgIpc) is 2.35. The van der Waals surface area contributed by atoms with Gasteiger partial charge in [0.1, 0.15) is 7.85 Å². The average molecular weight is 279 g/mol. The van der Waals surface area contributed by atoms with E-state index in [9.17, 15) is 0 Å². The molecule has 0 N–H and O–H groups in total. The molecule has 0 saturated carbocycles. The van der Waals surface area contributed by atoms with Crippen molar-refractivity contribution < 1.29 is 0 Å². The van der Waals surface area contributed by atoms with Gasteiger partial charge in [-0.1, -0.05) is 57.5 Å². The highest BCUT2D eigenvalue weighted by molar-refractivity contribution is 6.15. The van der Waals surface area contributed by atoms with Gasteiger partial charge in [0.15, 0.2) is 0 Å². The molecule has 0 aliphatic rings. The Labute approximate surface area is 129 Å². The van der Waals surface area contributed by atoms with Gasteiger partial charge in [0, 0.05) is 0 Å². The van der Waals surface area contributed by atoms with Crippen LogP contribution in [-0.4, -0.2) is 33.4 Å². The second kappa shape index (κ2) is 8.92. The lowest BCUT2D eigenvalue weighted by Crippen LogP contribution is -2.19. The van der Waals surface area contributed by atoms with E-state index >= 15 is 0 Å². The molecular weight excluding hydrogens is 241 g/mol. The van der Waals surface area contributed by atoms with Gasteiger partial charge in [-0.25, -0.2) is 0 Å². The molecule has 0 amide bonds. The van der Waals surface area contributed by atoms with Crippen molar-refractivity contribution in [3.8, 4) is 0 Å². The molecule has 0 aliphatic carbocycles. The fraction of sp³-hybridized carbons (Fsp3) is 0.889. The number of rotatable bonds is 10. The topological polar surface area (TPSA) is 3.24 Å². The van der Waals surface area contributed by atoms with Gasteiger partial charge in [0.2, 0.25) is 0 Å². The van der Waals surface area contributed by atoms with E-state index in [4.69, 9.17) is 0 Å². The minimum absolute atomic E-state index is 0.453. The van der Waals surface area contributed by atoms with Crippen LogP contribution in [-0.2, 0) is 0 Å². The molecule has 0 aromatic carbocycles. The third kappa shape index (κ3) is 8.84. The SMILES string of the molecule is BC(C)(CC)C/C(C)=C/CC(C)(CC)CCCN(C)C. The van der Waals surface area contributed by atoms with Crippen LogP contribution < -0.4 is 0 Å². The summed E-state index contributed by atoms with van der Waals surface area (Å²) in [5.41, 5.74) is 2.05. The smallest absolute Gasteiger partial charge is 0.109 e. The van der Waals surface area contributed by atoms with Crippen molar-refractivity contribution in [2.24, 2.45) is 5.41 Å². The maximum Gasteiger partial charge on any atom is 0.109 e. The molecule has 0 aromatic rings. The lowest BCUT2D eigenvalue weighted by atomic mass is 9.65. The number of hydrogen-bond acceptors (Lipinski definition) is 1. The maximum atomic E-state index is 2.51. The van der Waals surface area contributed by atoms with Crippen LogP contribution in [0.4, 0.5) is 0 Å². The molecule has 0 radical (unpaired) electrons. The predicted octanol–water partition coefficient (Wildman–Crippen LogP) is 4.69. The van der Waals surface area contributed by atoms with E-state index in [0.29, 0.717) is 10.7 Å². The zero-order valence-corrected chi connectivity index (χ0v) is 15.5. The summed E-state index contributed by atoms with van der Waals surface area (Å²) in [5.74, 6) is 0. The minimum Gasteiger partial charge on any atom is -0.309 e. The van der Waals surface area contributed by atoms with Gasteiger partial charge in [-0.2, -0.15) is 0 Å². The summed E-state index contributed by atoms with van der Waals surface area (Å²) in [5, 5.41) is 0.453. The summed E-state index contributed by atoms with van der Waals surface area (Å²) in [6.45, 7) is 13.0. The van der Waals surface area contributed by atoms with E-state index in [-0.39, 0.29) is 0 Å². The second-order valence-electron chi connectivity index (χ2n) is 8.02. The molecule has 0 rings (SSSR count). The summed E-state index contributed by atoms with van der Waals surface area (Å²) in [7, 11) is 6.71. The molecule has 20 heavy (non-hydrogen) atoms. The van der Waals surface area contributed by atoms with E-state index in [1.165, 1.54) is 45.1 Å². The molecule has 0 spiro atoms. The van der Waals surface area contributed by atoms with Crippen molar-refractivity contribution in [2.75, 3.05) is 20.6 Å². The van der Waals surface area contributed by atoms with Gasteiger partial charge in [0.25, 0.3) is 0 Å². The van der Waals surface area contributed by atoms with Crippen LogP contribution in [0.2, 0.25) is 5.31 Å². The van der Waals surface area contributed by atoms with E-state index in [1.54, 1.807) is 5.57 Å². The van der Waals surface area contributed by atoms with Gasteiger partial charge in [-0.15, -0.1) is 0 Å². The molecule has 2 unspecified atom stereocenters. The highest BCUT2D eigenvalue weighted by Gasteiger charge is 2.21. The summed E-state index contributed by atoms with van der Waals surface area (Å²) in [6, 6.07) is 0. The summed E-state index contributed by atoms with van der Waals surface area (Å²) in [4.78, 5) is 2.29. The molecule has 2 heteroatoms. The Morgan fingerprint density at radius 3 is 2.20 bits per heavy atom. The molecule has 2 atom stereocenters. The molecule has 0 saturated heterocycles. The van der Waals surface area contributed by atoms with Crippen molar-refractivity contribution in [3.05, 3.63) is 11.6 Å². The first-order chi connectivity index (χ1) is 9.14. The summed E-state index contributed by atoms with van der Waals surface area (Å²) < 4.78 is 0. The van der Waals surface area contributed by atoms with Crippen molar-refractivity contribution in [2.45, 2.75) is 78.5 Å². The van der Waals surface area contributed by atoms with Crippen LogP contribution in [0.15, 0.2) is 11.6 Å². The lowest BCUT2D eigenvalue weighted by Gasteiger charge is -2.29. The van der Waals surface area contributed by atoms with Crippen molar-refractivity contribution >= 4 is 7.85 Å². The van der Waals surface area contributed by atoms with E-state index in [1.807, 2.05) is 0 Å². The minimum atomic E-state index is 0.453. The Morgan fingerprint density at radius 2 is 1.75 bits per heavy atom. The van der Waals surface area contributed by atoms with Crippen LogP contribution in [0.5, 0.6) is 0 Å². The molecule has 0 aromatic heterocycles. The van der Waals surface area contributed by atoms with Crippen LogP contribution in [0, 0.1) is 5.41 Å². The standard InChI is InChI=1S/C18H38BN/c1-8-17(4,12-10-14-20(6)7)13-11-16(3)15-18(5,19)9-2/h11H,8-10,12-15,19H2,1-7H3/b16-11+. The molecule has 1 nitrogen and oxygen atoms in total. The van der Waals surface area contributed by atoms with Crippen molar-refractivity contribution in [1.82, 2.24) is 4.90 Å². The van der Waals surface area contributed by atoms with Crippen molar-refractivity contribution in [3.63, 3.8) is 0 Å². The van der Waals surface area contributed by atoms with E-state index < -0.39 is 0 Å². The monoisotopic (exact) mass is 279 g/mol. The first-order valence-corrected chi connectivity index (χ1v) is 8.44. The number of hydrogen-bond donors (Lipinski definition) is 0. The Kier molecular flexibility index (Phi) is 8.82. The first-order valence-electron chi connectivity index (χ1n) is 8.44. The number of nitrogens with zero attached hydrogens (tertiary/aromatic N) is 1. The van der Waals surface area contributed by atoms with E-state index in [2.05, 4.69) is 67.5 Å². The quantitative estimate of drug-likeness (QED) is 0.414. The Balaban J connectivity index is 4.40.